The second kappa shape index (κ2) is 14.4. The van der Waals surface area contributed by atoms with Gasteiger partial charge in [-0.2, -0.15) is 0 Å². The molecule has 4 rings (SSSR count). The summed E-state index contributed by atoms with van der Waals surface area (Å²) in [6, 6.07) is 20.0. The highest BCUT2D eigenvalue weighted by atomic mass is 35.5. The zero-order valence-corrected chi connectivity index (χ0v) is 26.3. The second-order valence-corrected chi connectivity index (χ2v) is 13.3. The quantitative estimate of drug-likeness (QED) is 0.251. The standard InChI is InChI=1S/C32H37Cl2N3O4S/c1-3-28(32(39)35-25-12-7-8-13-25)36(21-20-24-10-5-4-6-11-24)30(38)22-37(29-15-9-14-27(33)31(29)34)42(40,41)26-18-16-23(2)17-19-26/h4-6,9-11,14-19,25,28H,3,7-8,12-13,20-22H2,1-2H3,(H,35,39). The molecule has 3 aromatic carbocycles. The van der Waals surface area contributed by atoms with Gasteiger partial charge in [0.15, 0.2) is 0 Å². The van der Waals surface area contributed by atoms with Gasteiger partial charge in [-0.1, -0.05) is 97.1 Å². The van der Waals surface area contributed by atoms with Crippen LogP contribution in [0.25, 0.3) is 0 Å². The molecule has 0 bridgehead atoms. The van der Waals surface area contributed by atoms with Gasteiger partial charge in [-0.15, -0.1) is 0 Å². The predicted molar refractivity (Wildman–Crippen MR) is 169 cm³/mol. The van der Waals surface area contributed by atoms with Crippen LogP contribution < -0.4 is 9.62 Å². The van der Waals surface area contributed by atoms with Crippen molar-refractivity contribution in [3.63, 3.8) is 0 Å². The Labute approximate surface area is 258 Å². The molecular formula is C32H37Cl2N3O4S. The van der Waals surface area contributed by atoms with E-state index in [2.05, 4.69) is 5.32 Å². The average Bonchev–Trinajstić information content (AvgIpc) is 3.49. The van der Waals surface area contributed by atoms with E-state index in [1.807, 2.05) is 44.2 Å². The first-order chi connectivity index (χ1) is 20.1. The number of carbonyl (C=O) groups excluding carboxylic acids is 2. The Bertz CT molecular complexity index is 1480. The third-order valence-electron chi connectivity index (χ3n) is 7.66. The van der Waals surface area contributed by atoms with E-state index < -0.39 is 28.5 Å². The Balaban J connectivity index is 1.70. The fourth-order valence-electron chi connectivity index (χ4n) is 5.30. The molecule has 0 spiro atoms. The van der Waals surface area contributed by atoms with Gasteiger partial charge in [0, 0.05) is 12.6 Å². The molecule has 1 atom stereocenters. The first-order valence-electron chi connectivity index (χ1n) is 14.3. The number of nitrogens with one attached hydrogen (secondary N) is 1. The molecular weight excluding hydrogens is 593 g/mol. The highest BCUT2D eigenvalue weighted by Crippen LogP contribution is 2.35. The van der Waals surface area contributed by atoms with Gasteiger partial charge in [-0.05, 0) is 62.4 Å². The van der Waals surface area contributed by atoms with Crippen molar-refractivity contribution in [3.05, 3.63) is 94.0 Å². The molecule has 1 unspecified atom stereocenters. The minimum atomic E-state index is -4.23. The van der Waals surface area contributed by atoms with Gasteiger partial charge in [0.1, 0.15) is 12.6 Å². The van der Waals surface area contributed by atoms with Crippen LogP contribution in [0.15, 0.2) is 77.7 Å². The van der Waals surface area contributed by atoms with Crippen LogP contribution in [0.2, 0.25) is 10.0 Å². The number of hydrogen-bond donors (Lipinski definition) is 1. The first kappa shape index (κ1) is 31.9. The van der Waals surface area contributed by atoms with Gasteiger partial charge < -0.3 is 10.2 Å². The number of rotatable bonds is 12. The smallest absolute Gasteiger partial charge is 0.264 e. The van der Waals surface area contributed by atoms with Crippen LogP contribution in [0.5, 0.6) is 0 Å². The van der Waals surface area contributed by atoms with E-state index in [9.17, 15) is 18.0 Å². The number of carbonyl (C=O) groups is 2. The summed E-state index contributed by atoms with van der Waals surface area (Å²) in [5.74, 6) is -0.731. The molecule has 0 radical (unpaired) electrons. The molecule has 42 heavy (non-hydrogen) atoms. The van der Waals surface area contributed by atoms with Crippen molar-refractivity contribution in [1.82, 2.24) is 10.2 Å². The van der Waals surface area contributed by atoms with E-state index in [-0.39, 0.29) is 39.1 Å². The highest BCUT2D eigenvalue weighted by Gasteiger charge is 2.35. The Morgan fingerprint density at radius 3 is 2.26 bits per heavy atom. The lowest BCUT2D eigenvalue weighted by atomic mass is 10.1. The summed E-state index contributed by atoms with van der Waals surface area (Å²) in [5.41, 5.74) is 1.98. The zero-order valence-electron chi connectivity index (χ0n) is 23.9. The number of amides is 2. The molecule has 0 heterocycles. The van der Waals surface area contributed by atoms with Crippen LogP contribution >= 0.6 is 23.2 Å². The molecule has 224 valence electrons. The van der Waals surface area contributed by atoms with Gasteiger partial charge in [-0.25, -0.2) is 8.42 Å². The van der Waals surface area contributed by atoms with Gasteiger partial charge >= 0.3 is 0 Å². The lowest BCUT2D eigenvalue weighted by molar-refractivity contribution is -0.139. The number of sulfonamides is 1. The number of halogens is 2. The second-order valence-electron chi connectivity index (χ2n) is 10.6. The molecule has 2 amide bonds. The highest BCUT2D eigenvalue weighted by molar-refractivity contribution is 7.92. The van der Waals surface area contributed by atoms with Gasteiger partial charge in [0.05, 0.1) is 20.6 Å². The van der Waals surface area contributed by atoms with Crippen LogP contribution in [0.3, 0.4) is 0 Å². The lowest BCUT2D eigenvalue weighted by Crippen LogP contribution is -2.54. The van der Waals surface area contributed by atoms with Crippen molar-refractivity contribution in [2.24, 2.45) is 0 Å². The van der Waals surface area contributed by atoms with Crippen LogP contribution in [0.1, 0.15) is 50.2 Å². The Hall–Kier alpha value is -3.07. The molecule has 1 saturated carbocycles. The van der Waals surface area contributed by atoms with Crippen LogP contribution in [-0.4, -0.2) is 50.3 Å². The molecule has 1 aliphatic carbocycles. The maximum absolute atomic E-state index is 14.2. The van der Waals surface area contributed by atoms with E-state index in [1.54, 1.807) is 24.3 Å². The molecule has 10 heteroatoms. The molecule has 1 aliphatic rings. The van der Waals surface area contributed by atoms with Crippen molar-refractivity contribution in [2.45, 2.75) is 69.4 Å². The maximum Gasteiger partial charge on any atom is 0.264 e. The van der Waals surface area contributed by atoms with Gasteiger partial charge in [0.25, 0.3) is 10.0 Å². The maximum atomic E-state index is 14.2. The summed E-state index contributed by atoms with van der Waals surface area (Å²) < 4.78 is 29.0. The topological polar surface area (TPSA) is 86.8 Å². The summed E-state index contributed by atoms with van der Waals surface area (Å²) in [4.78, 5) is 29.2. The number of hydrogen-bond acceptors (Lipinski definition) is 4. The van der Waals surface area contributed by atoms with Crippen molar-refractivity contribution < 1.29 is 18.0 Å². The average molecular weight is 631 g/mol. The molecule has 1 fully saturated rings. The number of anilines is 1. The summed E-state index contributed by atoms with van der Waals surface area (Å²) in [6.45, 7) is 3.40. The fourth-order valence-corrected chi connectivity index (χ4v) is 7.17. The number of benzene rings is 3. The molecule has 0 aromatic heterocycles. The third kappa shape index (κ3) is 7.65. The van der Waals surface area contributed by atoms with Crippen molar-refractivity contribution in [1.29, 1.82) is 0 Å². The number of aryl methyl sites for hydroxylation is 1. The molecule has 0 aliphatic heterocycles. The Kier molecular flexibility index (Phi) is 10.9. The van der Waals surface area contributed by atoms with E-state index in [4.69, 9.17) is 23.2 Å². The summed E-state index contributed by atoms with van der Waals surface area (Å²) in [5, 5.41) is 3.30. The minimum absolute atomic E-state index is 0.0128. The zero-order chi connectivity index (χ0) is 30.3. The largest absolute Gasteiger partial charge is 0.352 e. The summed E-state index contributed by atoms with van der Waals surface area (Å²) >= 11 is 12.8. The molecule has 3 aromatic rings. The Morgan fingerprint density at radius 1 is 0.952 bits per heavy atom. The third-order valence-corrected chi connectivity index (χ3v) is 10.2. The number of nitrogens with zero attached hydrogens (tertiary/aromatic N) is 2. The van der Waals surface area contributed by atoms with Crippen molar-refractivity contribution >= 4 is 50.7 Å². The monoisotopic (exact) mass is 629 g/mol. The van der Waals surface area contributed by atoms with Crippen LogP contribution in [0.4, 0.5) is 5.69 Å². The van der Waals surface area contributed by atoms with Crippen molar-refractivity contribution in [2.75, 3.05) is 17.4 Å². The molecule has 1 N–H and O–H groups in total. The normalized spacial score (nSPS) is 14.4. The Morgan fingerprint density at radius 2 is 1.62 bits per heavy atom. The van der Waals surface area contributed by atoms with E-state index in [0.29, 0.717) is 12.8 Å². The lowest BCUT2D eigenvalue weighted by Gasteiger charge is -2.34. The molecule has 0 saturated heterocycles. The van der Waals surface area contributed by atoms with Gasteiger partial charge in [-0.3, -0.25) is 13.9 Å². The predicted octanol–water partition coefficient (Wildman–Crippen LogP) is 6.41. The summed E-state index contributed by atoms with van der Waals surface area (Å²) in [7, 11) is -4.23. The fraction of sp³-hybridized carbons (Fsp3) is 0.375. The SMILES string of the molecule is CCC(C(=O)NC1CCCC1)N(CCc1ccccc1)C(=O)CN(c1cccc(Cl)c1Cl)S(=O)(=O)c1ccc(C)cc1. The van der Waals surface area contributed by atoms with Crippen LogP contribution in [0, 0.1) is 6.92 Å². The first-order valence-corrected chi connectivity index (χ1v) is 16.5. The minimum Gasteiger partial charge on any atom is -0.352 e. The molecule has 7 nitrogen and oxygen atoms in total. The van der Waals surface area contributed by atoms with Crippen molar-refractivity contribution in [3.8, 4) is 0 Å². The summed E-state index contributed by atoms with van der Waals surface area (Å²) in [6.07, 6.45) is 4.82. The van der Waals surface area contributed by atoms with E-state index in [1.165, 1.54) is 23.1 Å². The van der Waals surface area contributed by atoms with Gasteiger partial charge in [0.2, 0.25) is 11.8 Å². The van der Waals surface area contributed by atoms with E-state index >= 15 is 0 Å². The van der Waals surface area contributed by atoms with Crippen LogP contribution in [-0.2, 0) is 26.0 Å². The van der Waals surface area contributed by atoms with E-state index in [0.717, 1.165) is 41.1 Å².